The van der Waals surface area contributed by atoms with Gasteiger partial charge in [-0.15, -0.1) is 0 Å². The Morgan fingerprint density at radius 3 is 2.40 bits per heavy atom. The Bertz CT molecular complexity index is 1520. The summed E-state index contributed by atoms with van der Waals surface area (Å²) in [4.78, 5) is 12.8. The maximum Gasteiger partial charge on any atom is 0.416 e. The number of nitrogens with one attached hydrogen (secondary N) is 3. The van der Waals surface area contributed by atoms with Gasteiger partial charge in [0.15, 0.2) is 0 Å². The van der Waals surface area contributed by atoms with E-state index in [0.29, 0.717) is 37.0 Å². The first kappa shape index (κ1) is 31.5. The van der Waals surface area contributed by atoms with E-state index in [1.165, 1.54) is 6.92 Å². The lowest BCUT2D eigenvalue weighted by Gasteiger charge is -2.28. The van der Waals surface area contributed by atoms with E-state index in [0.717, 1.165) is 23.3 Å². The van der Waals surface area contributed by atoms with Crippen LogP contribution in [0.3, 0.4) is 0 Å². The highest BCUT2D eigenvalue weighted by Gasteiger charge is 2.34. The summed E-state index contributed by atoms with van der Waals surface area (Å²) >= 11 is 0. The van der Waals surface area contributed by atoms with Gasteiger partial charge in [-0.25, -0.2) is 13.1 Å². The Kier molecular flexibility index (Phi) is 9.34. The molecule has 7 nitrogen and oxygen atoms in total. The summed E-state index contributed by atoms with van der Waals surface area (Å²) in [5, 5.41) is 6.43. The van der Waals surface area contributed by atoms with E-state index < -0.39 is 38.6 Å². The Hall–Kier alpha value is -3.41. The van der Waals surface area contributed by atoms with E-state index in [1.54, 1.807) is 30.3 Å². The minimum atomic E-state index is -4.71. The van der Waals surface area contributed by atoms with Gasteiger partial charge in [-0.05, 0) is 62.6 Å². The van der Waals surface area contributed by atoms with E-state index >= 15 is 0 Å². The predicted molar refractivity (Wildman–Crippen MR) is 154 cm³/mol. The lowest BCUT2D eigenvalue weighted by atomic mass is 9.97. The molecule has 42 heavy (non-hydrogen) atoms. The molecule has 3 aromatic carbocycles. The molecule has 1 amide bonds. The van der Waals surface area contributed by atoms with Crippen molar-refractivity contribution in [1.82, 2.24) is 15.4 Å². The van der Waals surface area contributed by atoms with Gasteiger partial charge in [-0.2, -0.15) is 13.2 Å². The second-order valence-electron chi connectivity index (χ2n) is 11.5. The third-order valence-corrected chi connectivity index (χ3v) is 8.46. The van der Waals surface area contributed by atoms with Crippen LogP contribution in [0.1, 0.15) is 73.5 Å². The number of hydrogen-bond donors (Lipinski definition) is 3. The number of benzene rings is 3. The minimum absolute atomic E-state index is 0.0514. The number of amides is 1. The molecule has 0 aliphatic carbocycles. The first-order valence-electron chi connectivity index (χ1n) is 13.7. The van der Waals surface area contributed by atoms with Crippen molar-refractivity contribution in [2.45, 2.75) is 75.8 Å². The number of carbonyl (C=O) groups is 1. The van der Waals surface area contributed by atoms with E-state index in [2.05, 4.69) is 36.1 Å². The first-order valence-corrected chi connectivity index (χ1v) is 15.2. The molecule has 1 heterocycles. The van der Waals surface area contributed by atoms with Crippen LogP contribution < -0.4 is 20.1 Å². The lowest BCUT2D eigenvalue weighted by Crippen LogP contribution is -2.37. The average Bonchev–Trinajstić information content (AvgIpc) is 2.91. The number of ether oxygens (including phenoxy) is 1. The Morgan fingerprint density at radius 2 is 1.74 bits per heavy atom. The summed E-state index contributed by atoms with van der Waals surface area (Å²) in [6.07, 6.45) is -4.44. The normalized spacial score (nSPS) is 16.3. The van der Waals surface area contributed by atoms with Crippen molar-refractivity contribution in [1.29, 1.82) is 0 Å². The van der Waals surface area contributed by atoms with Gasteiger partial charge in [-0.3, -0.25) is 4.79 Å². The number of halogens is 3. The number of carbonyl (C=O) groups excluding carboxylic acids is 1. The predicted octanol–water partition coefficient (Wildman–Crippen LogP) is 5.95. The highest BCUT2D eigenvalue weighted by Crippen LogP contribution is 2.35. The second-order valence-corrected chi connectivity index (χ2v) is 13.2. The highest BCUT2D eigenvalue weighted by molar-refractivity contribution is 7.89. The molecule has 2 atom stereocenters. The fourth-order valence-corrected chi connectivity index (χ4v) is 5.99. The van der Waals surface area contributed by atoms with Crippen molar-refractivity contribution < 1.29 is 31.1 Å². The van der Waals surface area contributed by atoms with Gasteiger partial charge in [0.05, 0.1) is 29.1 Å². The molecule has 3 N–H and O–H groups in total. The van der Waals surface area contributed by atoms with Crippen molar-refractivity contribution in [3.05, 3.63) is 94.5 Å². The van der Waals surface area contributed by atoms with E-state index in [1.807, 2.05) is 18.2 Å². The third kappa shape index (κ3) is 8.11. The van der Waals surface area contributed by atoms with Crippen LogP contribution in [0.4, 0.5) is 13.2 Å². The molecule has 1 aliphatic rings. The summed E-state index contributed by atoms with van der Waals surface area (Å²) in [6, 6.07) is 15.8. The van der Waals surface area contributed by atoms with E-state index in [9.17, 15) is 26.4 Å². The number of rotatable bonds is 9. The van der Waals surface area contributed by atoms with Gasteiger partial charge < -0.3 is 15.4 Å². The third-order valence-electron chi connectivity index (χ3n) is 6.99. The Balaban J connectivity index is 1.52. The average molecular weight is 604 g/mol. The molecule has 0 aromatic heterocycles. The van der Waals surface area contributed by atoms with Crippen LogP contribution >= 0.6 is 0 Å². The Morgan fingerprint density at radius 1 is 1.02 bits per heavy atom. The number of fused-ring (bicyclic) bond motifs is 1. The molecule has 0 bridgehead atoms. The van der Waals surface area contributed by atoms with E-state index in [-0.39, 0.29) is 23.6 Å². The molecule has 2 unspecified atom stereocenters. The molecule has 3 aromatic rings. The number of sulfonamides is 1. The molecule has 1 aliphatic heterocycles. The van der Waals surface area contributed by atoms with Crippen LogP contribution in [0.15, 0.2) is 71.6 Å². The fourth-order valence-electron chi connectivity index (χ4n) is 4.74. The lowest BCUT2D eigenvalue weighted by molar-refractivity contribution is -0.138. The maximum atomic E-state index is 13.5. The zero-order valence-corrected chi connectivity index (χ0v) is 24.8. The summed E-state index contributed by atoms with van der Waals surface area (Å²) < 4.78 is 75.3. The smallest absolute Gasteiger partial charge is 0.416 e. The molecule has 0 saturated heterocycles. The molecule has 0 fully saturated rings. The number of aryl methyl sites for hydroxylation is 1. The molecule has 4 rings (SSSR count). The summed E-state index contributed by atoms with van der Waals surface area (Å²) in [5.74, 6) is 0.266. The van der Waals surface area contributed by atoms with Crippen LogP contribution in [-0.2, 0) is 27.5 Å². The van der Waals surface area contributed by atoms with Gasteiger partial charge in [0.25, 0.3) is 0 Å². The minimum Gasteiger partial charge on any atom is -0.493 e. The quantitative estimate of drug-likeness (QED) is 0.281. The first-order chi connectivity index (χ1) is 19.6. The second kappa shape index (κ2) is 12.4. The van der Waals surface area contributed by atoms with Crippen molar-refractivity contribution >= 4 is 15.9 Å². The SMILES string of the molecule is Cc1ccc(S(=O)(=O)NC(CC(=O)NC2CCOc3cc(CNC(C)(C)C)ccc32)c2ccccc2)cc1C(F)(F)F. The van der Waals surface area contributed by atoms with Crippen molar-refractivity contribution in [3.8, 4) is 5.75 Å². The maximum absolute atomic E-state index is 13.5. The van der Waals surface area contributed by atoms with Gasteiger partial charge in [0.1, 0.15) is 5.75 Å². The summed E-state index contributed by atoms with van der Waals surface area (Å²) in [5.41, 5.74) is 1.20. The van der Waals surface area contributed by atoms with Crippen molar-refractivity contribution in [2.24, 2.45) is 0 Å². The van der Waals surface area contributed by atoms with Crippen molar-refractivity contribution in [2.75, 3.05) is 6.61 Å². The molecular weight excluding hydrogens is 567 g/mol. The Labute approximate surface area is 244 Å². The van der Waals surface area contributed by atoms with Crippen LogP contribution in [0, 0.1) is 6.92 Å². The molecule has 0 saturated carbocycles. The van der Waals surface area contributed by atoms with E-state index in [4.69, 9.17) is 4.74 Å². The highest BCUT2D eigenvalue weighted by atomic mass is 32.2. The fraction of sp³-hybridized carbons (Fsp3) is 0.387. The van der Waals surface area contributed by atoms with Gasteiger partial charge in [0, 0.05) is 30.5 Å². The molecule has 0 radical (unpaired) electrons. The zero-order valence-electron chi connectivity index (χ0n) is 24.0. The topological polar surface area (TPSA) is 96.5 Å². The van der Waals surface area contributed by atoms with Crippen LogP contribution in [-0.4, -0.2) is 26.5 Å². The largest absolute Gasteiger partial charge is 0.493 e. The number of alkyl halides is 3. The number of hydrogen-bond acceptors (Lipinski definition) is 5. The van der Waals surface area contributed by atoms with Crippen molar-refractivity contribution in [3.63, 3.8) is 0 Å². The van der Waals surface area contributed by atoms with Gasteiger partial charge >= 0.3 is 6.18 Å². The van der Waals surface area contributed by atoms with Crippen LogP contribution in [0.2, 0.25) is 0 Å². The standard InChI is InChI=1S/C31H36F3N3O4S/c1-20-10-12-23(17-25(20)31(32,33)34)42(39,40)37-27(22-8-6-5-7-9-22)18-29(38)36-26-14-15-41-28-16-21(11-13-24(26)28)19-35-30(2,3)4/h5-13,16-17,26-27,35,37H,14-15,18-19H2,1-4H3,(H,36,38). The monoisotopic (exact) mass is 603 g/mol. The molecule has 11 heteroatoms. The van der Waals surface area contributed by atoms with Gasteiger partial charge in [0.2, 0.25) is 15.9 Å². The molecule has 0 spiro atoms. The van der Waals surface area contributed by atoms with Crippen LogP contribution in [0.25, 0.3) is 0 Å². The van der Waals surface area contributed by atoms with Gasteiger partial charge in [-0.1, -0.05) is 48.5 Å². The molecule has 226 valence electrons. The zero-order chi connectivity index (χ0) is 30.7. The summed E-state index contributed by atoms with van der Waals surface area (Å²) in [7, 11) is -4.41. The molecular formula is C31H36F3N3O4S. The summed E-state index contributed by atoms with van der Waals surface area (Å²) in [6.45, 7) is 8.56. The van der Waals surface area contributed by atoms with Crippen LogP contribution in [0.5, 0.6) is 5.75 Å².